The van der Waals surface area contributed by atoms with E-state index in [0.717, 1.165) is 38.7 Å². The molecule has 20 heavy (non-hydrogen) atoms. The van der Waals surface area contributed by atoms with Gasteiger partial charge in [-0.25, -0.2) is 0 Å². The summed E-state index contributed by atoms with van der Waals surface area (Å²) >= 11 is 0. The summed E-state index contributed by atoms with van der Waals surface area (Å²) in [6.07, 6.45) is 6.26. The summed E-state index contributed by atoms with van der Waals surface area (Å²) in [5.74, 6) is 0.905. The summed E-state index contributed by atoms with van der Waals surface area (Å²) in [5.41, 5.74) is 0. The molecule has 1 saturated heterocycles. The Hall–Kier alpha value is -0.810. The Labute approximate surface area is 124 Å². The molecule has 0 bridgehead atoms. The van der Waals surface area contributed by atoms with Gasteiger partial charge < -0.3 is 20.3 Å². The van der Waals surface area contributed by atoms with Gasteiger partial charge in [-0.15, -0.1) is 0 Å². The number of likely N-dealkylation sites (tertiary alicyclic amines) is 1. The molecule has 0 saturated carbocycles. The average Bonchev–Trinajstić information content (AvgIpc) is 2.97. The Balaban J connectivity index is 1.92. The first kappa shape index (κ1) is 17.2. The number of rotatable bonds is 10. The van der Waals surface area contributed by atoms with Crippen LogP contribution in [0.1, 0.15) is 39.0 Å². The molecule has 118 valence electrons. The van der Waals surface area contributed by atoms with Gasteiger partial charge >= 0.3 is 0 Å². The number of guanidine groups is 1. The molecule has 1 heterocycles. The van der Waals surface area contributed by atoms with Gasteiger partial charge in [-0.2, -0.15) is 0 Å². The average molecular weight is 284 g/mol. The van der Waals surface area contributed by atoms with Crippen molar-refractivity contribution in [2.75, 3.05) is 53.0 Å². The molecule has 0 aliphatic carbocycles. The lowest BCUT2D eigenvalue weighted by molar-refractivity contribution is 0.145. The molecule has 1 rings (SSSR count). The predicted octanol–water partition coefficient (Wildman–Crippen LogP) is 1.45. The minimum Gasteiger partial charge on any atom is -0.382 e. The smallest absolute Gasteiger partial charge is 0.190 e. The normalized spacial score (nSPS) is 16.6. The van der Waals surface area contributed by atoms with Crippen LogP contribution in [0.2, 0.25) is 0 Å². The van der Waals surface area contributed by atoms with Crippen LogP contribution in [0.15, 0.2) is 4.99 Å². The van der Waals surface area contributed by atoms with Crippen LogP contribution in [-0.2, 0) is 4.74 Å². The van der Waals surface area contributed by atoms with Crippen molar-refractivity contribution in [2.24, 2.45) is 4.99 Å². The highest BCUT2D eigenvalue weighted by atomic mass is 16.5. The molecule has 0 aromatic rings. The molecule has 1 fully saturated rings. The van der Waals surface area contributed by atoms with Gasteiger partial charge in [0, 0.05) is 33.4 Å². The molecular formula is C15H32N4O. The van der Waals surface area contributed by atoms with E-state index in [9.17, 15) is 0 Å². The number of hydrogen-bond acceptors (Lipinski definition) is 3. The van der Waals surface area contributed by atoms with Crippen molar-refractivity contribution in [1.29, 1.82) is 0 Å². The SMILES string of the molecule is CCOCCCNC(=NC)NCCCCN1CCCC1. The highest BCUT2D eigenvalue weighted by Crippen LogP contribution is 2.07. The first-order valence-corrected chi connectivity index (χ1v) is 8.11. The third-order valence-electron chi connectivity index (χ3n) is 3.58. The standard InChI is InChI=1S/C15H32N4O/c1-3-20-14-8-10-18-15(16-2)17-9-4-5-11-19-12-6-7-13-19/h3-14H2,1-2H3,(H2,16,17,18). The number of unbranched alkanes of at least 4 members (excludes halogenated alkanes) is 1. The van der Waals surface area contributed by atoms with Gasteiger partial charge in [-0.1, -0.05) is 0 Å². The molecule has 0 aromatic carbocycles. The maximum absolute atomic E-state index is 5.31. The van der Waals surface area contributed by atoms with Crippen LogP contribution < -0.4 is 10.6 Å². The zero-order chi connectivity index (χ0) is 14.5. The number of hydrogen-bond donors (Lipinski definition) is 2. The quantitative estimate of drug-likeness (QED) is 0.362. The molecule has 2 N–H and O–H groups in total. The minimum atomic E-state index is 0.796. The van der Waals surface area contributed by atoms with E-state index in [-0.39, 0.29) is 0 Å². The van der Waals surface area contributed by atoms with E-state index in [2.05, 4.69) is 20.5 Å². The second-order valence-corrected chi connectivity index (χ2v) is 5.23. The lowest BCUT2D eigenvalue weighted by Gasteiger charge is -2.15. The number of aliphatic imine (C=N–C) groups is 1. The first-order chi connectivity index (χ1) is 9.86. The summed E-state index contributed by atoms with van der Waals surface area (Å²) in [6.45, 7) is 9.40. The minimum absolute atomic E-state index is 0.796. The van der Waals surface area contributed by atoms with Crippen molar-refractivity contribution in [1.82, 2.24) is 15.5 Å². The zero-order valence-corrected chi connectivity index (χ0v) is 13.3. The molecule has 5 heteroatoms. The predicted molar refractivity (Wildman–Crippen MR) is 85.4 cm³/mol. The van der Waals surface area contributed by atoms with Crippen molar-refractivity contribution in [2.45, 2.75) is 39.0 Å². The highest BCUT2D eigenvalue weighted by Gasteiger charge is 2.09. The fourth-order valence-electron chi connectivity index (χ4n) is 2.42. The van der Waals surface area contributed by atoms with Gasteiger partial charge in [0.25, 0.3) is 0 Å². The molecule has 0 atom stereocenters. The largest absolute Gasteiger partial charge is 0.382 e. The van der Waals surface area contributed by atoms with Crippen molar-refractivity contribution in [3.63, 3.8) is 0 Å². The van der Waals surface area contributed by atoms with Crippen LogP contribution in [-0.4, -0.2) is 63.8 Å². The Kier molecular flexibility index (Phi) is 10.3. The molecule has 0 amide bonds. The van der Waals surface area contributed by atoms with E-state index < -0.39 is 0 Å². The third kappa shape index (κ3) is 8.38. The van der Waals surface area contributed by atoms with Crippen LogP contribution in [0, 0.1) is 0 Å². The van der Waals surface area contributed by atoms with Crippen LogP contribution in [0.4, 0.5) is 0 Å². The van der Waals surface area contributed by atoms with Gasteiger partial charge in [0.05, 0.1) is 0 Å². The van der Waals surface area contributed by atoms with Crippen molar-refractivity contribution in [3.05, 3.63) is 0 Å². The van der Waals surface area contributed by atoms with E-state index in [0.29, 0.717) is 0 Å². The van der Waals surface area contributed by atoms with Crippen LogP contribution in [0.3, 0.4) is 0 Å². The second-order valence-electron chi connectivity index (χ2n) is 5.23. The summed E-state index contributed by atoms with van der Waals surface area (Å²) in [7, 11) is 1.82. The Bertz CT molecular complexity index is 252. The molecule has 0 radical (unpaired) electrons. The lowest BCUT2D eigenvalue weighted by atomic mass is 10.3. The maximum atomic E-state index is 5.31. The molecule has 5 nitrogen and oxygen atoms in total. The number of nitrogens with zero attached hydrogens (tertiary/aromatic N) is 2. The van der Waals surface area contributed by atoms with Crippen molar-refractivity contribution in [3.8, 4) is 0 Å². The van der Waals surface area contributed by atoms with E-state index >= 15 is 0 Å². The third-order valence-corrected chi connectivity index (χ3v) is 3.58. The van der Waals surface area contributed by atoms with Gasteiger partial charge in [0.1, 0.15) is 0 Å². The Morgan fingerprint density at radius 3 is 2.45 bits per heavy atom. The van der Waals surface area contributed by atoms with Gasteiger partial charge in [-0.05, 0) is 58.7 Å². The number of ether oxygens (including phenoxy) is 1. The van der Waals surface area contributed by atoms with E-state index in [4.69, 9.17) is 4.74 Å². The topological polar surface area (TPSA) is 48.9 Å². The van der Waals surface area contributed by atoms with E-state index in [1.807, 2.05) is 14.0 Å². The van der Waals surface area contributed by atoms with Crippen LogP contribution in [0.25, 0.3) is 0 Å². The van der Waals surface area contributed by atoms with Crippen LogP contribution >= 0.6 is 0 Å². The zero-order valence-electron chi connectivity index (χ0n) is 13.3. The molecule has 0 unspecified atom stereocenters. The molecule has 1 aliphatic heterocycles. The Morgan fingerprint density at radius 1 is 1.10 bits per heavy atom. The summed E-state index contributed by atoms with van der Waals surface area (Å²) in [4.78, 5) is 6.79. The Morgan fingerprint density at radius 2 is 1.80 bits per heavy atom. The van der Waals surface area contributed by atoms with Crippen molar-refractivity contribution >= 4 is 5.96 Å². The van der Waals surface area contributed by atoms with Gasteiger partial charge in [-0.3, -0.25) is 4.99 Å². The molecule has 0 spiro atoms. The van der Waals surface area contributed by atoms with Crippen molar-refractivity contribution < 1.29 is 4.74 Å². The molecular weight excluding hydrogens is 252 g/mol. The monoisotopic (exact) mass is 284 g/mol. The molecule has 0 aromatic heterocycles. The van der Waals surface area contributed by atoms with Gasteiger partial charge in [0.15, 0.2) is 5.96 Å². The van der Waals surface area contributed by atoms with Gasteiger partial charge in [0.2, 0.25) is 0 Å². The highest BCUT2D eigenvalue weighted by molar-refractivity contribution is 5.79. The summed E-state index contributed by atoms with van der Waals surface area (Å²) < 4.78 is 5.31. The number of nitrogens with one attached hydrogen (secondary N) is 2. The summed E-state index contributed by atoms with van der Waals surface area (Å²) in [6, 6.07) is 0. The fraction of sp³-hybridized carbons (Fsp3) is 0.933. The fourth-order valence-corrected chi connectivity index (χ4v) is 2.42. The maximum Gasteiger partial charge on any atom is 0.190 e. The van der Waals surface area contributed by atoms with E-state index in [1.165, 1.54) is 45.3 Å². The first-order valence-electron chi connectivity index (χ1n) is 8.11. The second kappa shape index (κ2) is 12.0. The van der Waals surface area contributed by atoms with Crippen LogP contribution in [0.5, 0.6) is 0 Å². The van der Waals surface area contributed by atoms with E-state index in [1.54, 1.807) is 0 Å². The lowest BCUT2D eigenvalue weighted by Crippen LogP contribution is -2.38. The summed E-state index contributed by atoms with van der Waals surface area (Å²) in [5, 5.41) is 6.67. The molecule has 1 aliphatic rings.